The molecular weight excluding hydrogens is 455 g/mol. The molecule has 1 aliphatic rings. The van der Waals surface area contributed by atoms with Crippen LogP contribution in [0, 0.1) is 5.92 Å². The number of nitrogens with zero attached hydrogens (tertiary/aromatic N) is 2. The quantitative estimate of drug-likeness (QED) is 0.186. The Morgan fingerprint density at radius 2 is 2.32 bits per heavy atom. The minimum atomic E-state index is 0. The smallest absolute Gasteiger partial charge is 0.191 e. The van der Waals surface area contributed by atoms with Gasteiger partial charge < -0.3 is 20.1 Å². The third-order valence-corrected chi connectivity index (χ3v) is 3.91. The number of halogens is 2. The van der Waals surface area contributed by atoms with Crippen molar-refractivity contribution < 1.29 is 9.47 Å². The van der Waals surface area contributed by atoms with E-state index < -0.39 is 0 Å². The third kappa shape index (κ3) is 9.58. The number of pyridine rings is 1. The molecule has 0 aliphatic carbocycles. The number of ether oxygens (including phenoxy) is 2. The van der Waals surface area contributed by atoms with Crippen LogP contribution in [-0.4, -0.2) is 50.5 Å². The highest BCUT2D eigenvalue weighted by molar-refractivity contribution is 14.0. The molecule has 6 nitrogen and oxygen atoms in total. The number of hydrogen-bond donors (Lipinski definition) is 2. The summed E-state index contributed by atoms with van der Waals surface area (Å²) < 4.78 is 11.0. The molecule has 2 rings (SSSR count). The summed E-state index contributed by atoms with van der Waals surface area (Å²) in [5, 5.41) is 7.05. The van der Waals surface area contributed by atoms with Gasteiger partial charge in [0.15, 0.2) is 5.96 Å². The Bertz CT molecular complexity index is 496. The van der Waals surface area contributed by atoms with Gasteiger partial charge in [-0.1, -0.05) is 17.7 Å². The van der Waals surface area contributed by atoms with Crippen molar-refractivity contribution in [1.29, 1.82) is 0 Å². The van der Waals surface area contributed by atoms with E-state index in [1.807, 2.05) is 13.0 Å². The summed E-state index contributed by atoms with van der Waals surface area (Å²) in [6, 6.07) is 3.71. The van der Waals surface area contributed by atoms with Gasteiger partial charge >= 0.3 is 0 Å². The van der Waals surface area contributed by atoms with Gasteiger partial charge in [-0.25, -0.2) is 9.98 Å². The lowest BCUT2D eigenvalue weighted by molar-refractivity contribution is 0.0888. The standard InChI is InChI=1S/C17H27ClN4O2.HI/c1-2-19-17(22-11-14-4-5-16(18)21-10-14)20-7-3-8-23-12-15-6-9-24-13-15;/h4-5,10,15H,2-3,6-9,11-13H2,1H3,(H2,19,20,22);1H. The molecule has 8 heteroatoms. The molecule has 1 aromatic heterocycles. The number of aromatic nitrogens is 1. The largest absolute Gasteiger partial charge is 0.381 e. The molecule has 1 atom stereocenters. The van der Waals surface area contributed by atoms with E-state index in [1.54, 1.807) is 12.3 Å². The van der Waals surface area contributed by atoms with Crippen molar-refractivity contribution in [1.82, 2.24) is 15.6 Å². The predicted molar refractivity (Wildman–Crippen MR) is 112 cm³/mol. The Labute approximate surface area is 172 Å². The molecule has 142 valence electrons. The van der Waals surface area contributed by atoms with Crippen LogP contribution in [-0.2, 0) is 16.0 Å². The molecule has 0 radical (unpaired) electrons. The van der Waals surface area contributed by atoms with E-state index in [0.29, 0.717) is 17.6 Å². The van der Waals surface area contributed by atoms with Crippen molar-refractivity contribution in [3.8, 4) is 0 Å². The SMILES string of the molecule is CCNC(=NCc1ccc(Cl)nc1)NCCCOCC1CCOC1.I. The van der Waals surface area contributed by atoms with Gasteiger partial charge in [0.1, 0.15) is 5.15 Å². The Kier molecular flexibility index (Phi) is 12.1. The third-order valence-electron chi connectivity index (χ3n) is 3.69. The lowest BCUT2D eigenvalue weighted by Gasteiger charge is -2.12. The zero-order chi connectivity index (χ0) is 17.0. The molecule has 0 saturated carbocycles. The molecular formula is C17H28ClIN4O2. The molecule has 1 saturated heterocycles. The monoisotopic (exact) mass is 482 g/mol. The van der Waals surface area contributed by atoms with Gasteiger partial charge in [-0.2, -0.15) is 0 Å². The van der Waals surface area contributed by atoms with Crippen molar-refractivity contribution >= 4 is 41.5 Å². The van der Waals surface area contributed by atoms with Crippen LogP contribution < -0.4 is 10.6 Å². The first-order valence-electron chi connectivity index (χ1n) is 8.56. The first-order valence-corrected chi connectivity index (χ1v) is 8.94. The Balaban J connectivity index is 0.00000312. The van der Waals surface area contributed by atoms with Gasteiger partial charge in [0.2, 0.25) is 0 Å². The van der Waals surface area contributed by atoms with Crippen LogP contribution >= 0.6 is 35.6 Å². The molecule has 0 spiro atoms. The van der Waals surface area contributed by atoms with Crippen molar-refractivity contribution in [3.05, 3.63) is 29.0 Å². The maximum Gasteiger partial charge on any atom is 0.191 e. The number of rotatable bonds is 9. The molecule has 2 N–H and O–H groups in total. The number of aliphatic imine (C=N–C) groups is 1. The summed E-state index contributed by atoms with van der Waals surface area (Å²) in [6.07, 6.45) is 3.81. The van der Waals surface area contributed by atoms with Crippen molar-refractivity contribution in [2.75, 3.05) is 39.5 Å². The van der Waals surface area contributed by atoms with E-state index in [-0.39, 0.29) is 24.0 Å². The topological polar surface area (TPSA) is 67.8 Å². The average molecular weight is 483 g/mol. The van der Waals surface area contributed by atoms with E-state index in [9.17, 15) is 0 Å². The second-order valence-corrected chi connectivity index (χ2v) is 6.16. The van der Waals surface area contributed by atoms with E-state index in [0.717, 1.165) is 63.9 Å². The fourth-order valence-corrected chi connectivity index (χ4v) is 2.47. The summed E-state index contributed by atoms with van der Waals surface area (Å²) >= 11 is 5.79. The lowest BCUT2D eigenvalue weighted by atomic mass is 10.1. The fraction of sp³-hybridized carbons (Fsp3) is 0.647. The zero-order valence-corrected chi connectivity index (χ0v) is 17.8. The van der Waals surface area contributed by atoms with Crippen LogP contribution in [0.15, 0.2) is 23.3 Å². The molecule has 25 heavy (non-hydrogen) atoms. The summed E-state index contributed by atoms with van der Waals surface area (Å²) in [5.74, 6) is 1.38. The second-order valence-electron chi connectivity index (χ2n) is 5.77. The molecule has 1 fully saturated rings. The van der Waals surface area contributed by atoms with Crippen molar-refractivity contribution in [3.63, 3.8) is 0 Å². The van der Waals surface area contributed by atoms with E-state index in [4.69, 9.17) is 21.1 Å². The van der Waals surface area contributed by atoms with Crippen LogP contribution in [0.2, 0.25) is 5.15 Å². The fourth-order valence-electron chi connectivity index (χ4n) is 2.36. The second kappa shape index (κ2) is 13.5. The highest BCUT2D eigenvalue weighted by Gasteiger charge is 2.15. The summed E-state index contributed by atoms with van der Waals surface area (Å²) in [6.45, 7) is 7.54. The van der Waals surface area contributed by atoms with Gasteiger partial charge in [0, 0.05) is 38.4 Å². The first-order chi connectivity index (χ1) is 11.8. The lowest BCUT2D eigenvalue weighted by Crippen LogP contribution is -2.38. The van der Waals surface area contributed by atoms with Gasteiger partial charge in [0.05, 0.1) is 19.8 Å². The van der Waals surface area contributed by atoms with E-state index in [1.165, 1.54) is 0 Å². The normalized spacial score (nSPS) is 17.2. The van der Waals surface area contributed by atoms with Crippen molar-refractivity contribution in [2.45, 2.75) is 26.3 Å². The van der Waals surface area contributed by atoms with Gasteiger partial charge in [-0.15, -0.1) is 24.0 Å². The minimum Gasteiger partial charge on any atom is -0.381 e. The number of nitrogens with one attached hydrogen (secondary N) is 2. The highest BCUT2D eigenvalue weighted by Crippen LogP contribution is 2.12. The molecule has 1 aromatic rings. The zero-order valence-electron chi connectivity index (χ0n) is 14.7. The Morgan fingerprint density at radius 1 is 1.44 bits per heavy atom. The first kappa shape index (κ1) is 22.4. The summed E-state index contributed by atoms with van der Waals surface area (Å²) in [7, 11) is 0. The highest BCUT2D eigenvalue weighted by atomic mass is 127. The van der Waals surface area contributed by atoms with Crippen LogP contribution in [0.1, 0.15) is 25.3 Å². The molecule has 0 amide bonds. The molecule has 0 aromatic carbocycles. The molecule has 2 heterocycles. The Hall–Kier alpha value is -0.640. The van der Waals surface area contributed by atoms with Crippen LogP contribution in [0.5, 0.6) is 0 Å². The summed E-state index contributed by atoms with van der Waals surface area (Å²) in [4.78, 5) is 8.61. The molecule has 1 aliphatic heterocycles. The van der Waals surface area contributed by atoms with Gasteiger partial charge in [-0.05, 0) is 31.4 Å². The van der Waals surface area contributed by atoms with E-state index in [2.05, 4.69) is 20.6 Å². The molecule has 1 unspecified atom stereocenters. The summed E-state index contributed by atoms with van der Waals surface area (Å²) in [5.41, 5.74) is 1.03. The van der Waals surface area contributed by atoms with Crippen LogP contribution in [0.25, 0.3) is 0 Å². The number of hydrogen-bond acceptors (Lipinski definition) is 4. The van der Waals surface area contributed by atoms with Crippen LogP contribution in [0.4, 0.5) is 0 Å². The molecule has 0 bridgehead atoms. The predicted octanol–water partition coefficient (Wildman–Crippen LogP) is 2.85. The van der Waals surface area contributed by atoms with Crippen molar-refractivity contribution in [2.24, 2.45) is 10.9 Å². The van der Waals surface area contributed by atoms with Gasteiger partial charge in [-0.3, -0.25) is 0 Å². The Morgan fingerprint density at radius 3 is 3.00 bits per heavy atom. The van der Waals surface area contributed by atoms with E-state index >= 15 is 0 Å². The van der Waals surface area contributed by atoms with Gasteiger partial charge in [0.25, 0.3) is 0 Å². The maximum atomic E-state index is 5.79. The average Bonchev–Trinajstić information content (AvgIpc) is 3.10. The minimum absolute atomic E-state index is 0. The van der Waals surface area contributed by atoms with Crippen LogP contribution in [0.3, 0.4) is 0 Å². The maximum absolute atomic E-state index is 5.79. The number of guanidine groups is 1.